The number of ether oxygens (including phenoxy) is 1. The largest absolute Gasteiger partial charge is 0.416 e. The lowest BCUT2D eigenvalue weighted by atomic mass is 10.0. The van der Waals surface area contributed by atoms with Gasteiger partial charge < -0.3 is 20.3 Å². The normalized spacial score (nSPS) is 15.3. The first kappa shape index (κ1) is 21.9. The van der Waals surface area contributed by atoms with E-state index in [2.05, 4.69) is 20.7 Å². The monoisotopic (exact) mass is 424 g/mol. The Labute approximate surface area is 173 Å². The Balaban J connectivity index is 1.58. The number of aryl methyl sites for hydroxylation is 1. The van der Waals surface area contributed by atoms with E-state index in [4.69, 9.17) is 4.74 Å². The Kier molecular flexibility index (Phi) is 7.56. The van der Waals surface area contributed by atoms with E-state index >= 15 is 0 Å². The molecule has 1 fully saturated rings. The molecule has 1 aromatic carbocycles. The molecule has 1 aliphatic heterocycles. The number of alkyl halides is 3. The van der Waals surface area contributed by atoms with Crippen LogP contribution in [0.3, 0.4) is 0 Å². The van der Waals surface area contributed by atoms with Crippen molar-refractivity contribution in [2.24, 2.45) is 4.99 Å². The van der Waals surface area contributed by atoms with Crippen LogP contribution in [0.25, 0.3) is 0 Å². The van der Waals surface area contributed by atoms with Gasteiger partial charge in [0.1, 0.15) is 0 Å². The molecule has 0 amide bonds. The van der Waals surface area contributed by atoms with Gasteiger partial charge in [0.25, 0.3) is 0 Å². The van der Waals surface area contributed by atoms with Crippen molar-refractivity contribution in [3.05, 3.63) is 47.8 Å². The van der Waals surface area contributed by atoms with Crippen LogP contribution >= 0.6 is 0 Å². The summed E-state index contributed by atoms with van der Waals surface area (Å²) in [6.45, 7) is 3.62. The van der Waals surface area contributed by atoms with E-state index in [-0.39, 0.29) is 12.1 Å². The first-order valence-electron chi connectivity index (χ1n) is 9.92. The fourth-order valence-electron chi connectivity index (χ4n) is 3.28. The van der Waals surface area contributed by atoms with E-state index in [0.29, 0.717) is 44.5 Å². The molecular formula is C20H27F3N6O. The average Bonchev–Trinajstić information content (AvgIpc) is 3.27. The molecule has 0 radical (unpaired) electrons. The van der Waals surface area contributed by atoms with Crippen molar-refractivity contribution in [3.63, 3.8) is 0 Å². The van der Waals surface area contributed by atoms with Crippen LogP contribution in [0.5, 0.6) is 0 Å². The van der Waals surface area contributed by atoms with Crippen LogP contribution in [0.1, 0.15) is 17.5 Å². The Bertz CT molecular complexity index is 816. The van der Waals surface area contributed by atoms with E-state index in [1.807, 2.05) is 21.8 Å². The molecule has 0 aliphatic carbocycles. The Morgan fingerprint density at radius 1 is 1.23 bits per heavy atom. The van der Waals surface area contributed by atoms with Crippen molar-refractivity contribution in [2.45, 2.75) is 25.7 Å². The Hall–Kier alpha value is -2.75. The maximum absolute atomic E-state index is 13.7. The molecule has 1 aliphatic rings. The summed E-state index contributed by atoms with van der Waals surface area (Å²) in [4.78, 5) is 6.00. The second-order valence-electron chi connectivity index (χ2n) is 6.91. The molecule has 0 unspecified atom stereocenters. The zero-order valence-electron chi connectivity index (χ0n) is 17.0. The summed E-state index contributed by atoms with van der Waals surface area (Å²) < 4.78 is 48.1. The molecule has 0 saturated carbocycles. The number of aromatic nitrogens is 2. The van der Waals surface area contributed by atoms with Crippen LogP contribution in [0.2, 0.25) is 0 Å². The number of benzene rings is 1. The van der Waals surface area contributed by atoms with Crippen molar-refractivity contribution in [2.75, 3.05) is 44.8 Å². The molecule has 2 aromatic rings. The van der Waals surface area contributed by atoms with E-state index in [1.165, 1.54) is 12.1 Å². The third kappa shape index (κ3) is 6.12. The summed E-state index contributed by atoms with van der Waals surface area (Å²) in [6.07, 6.45) is -0.0206. The second-order valence-corrected chi connectivity index (χ2v) is 6.91. The summed E-state index contributed by atoms with van der Waals surface area (Å²) in [7, 11) is 1.59. The first-order chi connectivity index (χ1) is 14.5. The SMILES string of the molecule is CN=C(NCCCn1cccn1)NCc1ccc(N2CCOCC2)cc1C(F)(F)F. The molecule has 0 bridgehead atoms. The van der Waals surface area contributed by atoms with Crippen LogP contribution in [-0.2, 0) is 24.0 Å². The predicted molar refractivity (Wildman–Crippen MR) is 110 cm³/mol. The van der Waals surface area contributed by atoms with Gasteiger partial charge in [0.05, 0.1) is 18.8 Å². The molecule has 30 heavy (non-hydrogen) atoms. The standard InChI is InChI=1S/C20H27F3N6O/c1-24-19(25-6-2-8-29-9-3-7-27-29)26-15-16-4-5-17(14-18(16)20(21,22)23)28-10-12-30-13-11-28/h3-5,7,9,14H,2,6,8,10-13,15H2,1H3,(H2,24,25,26). The fraction of sp³-hybridized carbons (Fsp3) is 0.500. The van der Waals surface area contributed by atoms with Gasteiger partial charge in [-0.15, -0.1) is 0 Å². The summed E-state index contributed by atoms with van der Waals surface area (Å²) in [5.74, 6) is 0.459. The number of morpholine rings is 1. The third-order valence-corrected chi connectivity index (χ3v) is 4.86. The zero-order valence-corrected chi connectivity index (χ0v) is 17.0. The highest BCUT2D eigenvalue weighted by molar-refractivity contribution is 5.79. The molecule has 1 aromatic heterocycles. The number of hydrogen-bond donors (Lipinski definition) is 2. The average molecular weight is 424 g/mol. The predicted octanol–water partition coefficient (Wildman–Crippen LogP) is 2.49. The highest BCUT2D eigenvalue weighted by atomic mass is 19.4. The molecule has 10 heteroatoms. The van der Waals surface area contributed by atoms with Crippen LogP contribution in [-0.4, -0.2) is 55.6 Å². The molecule has 1 saturated heterocycles. The minimum absolute atomic E-state index is 0.0249. The molecule has 2 N–H and O–H groups in total. The van der Waals surface area contributed by atoms with Gasteiger partial charge in [-0.05, 0) is 30.2 Å². The molecule has 2 heterocycles. The minimum Gasteiger partial charge on any atom is -0.378 e. The maximum Gasteiger partial charge on any atom is 0.416 e. The van der Waals surface area contributed by atoms with E-state index in [1.54, 1.807) is 19.3 Å². The van der Waals surface area contributed by atoms with Crippen molar-refractivity contribution in [3.8, 4) is 0 Å². The molecule has 3 rings (SSSR count). The lowest BCUT2D eigenvalue weighted by Crippen LogP contribution is -2.38. The van der Waals surface area contributed by atoms with E-state index < -0.39 is 11.7 Å². The first-order valence-corrected chi connectivity index (χ1v) is 9.92. The maximum atomic E-state index is 13.7. The summed E-state index contributed by atoms with van der Waals surface area (Å²) in [5.41, 5.74) is 0.114. The van der Waals surface area contributed by atoms with Crippen LogP contribution < -0.4 is 15.5 Å². The van der Waals surface area contributed by atoms with Gasteiger partial charge in [0.2, 0.25) is 0 Å². The molecule has 0 spiro atoms. The zero-order chi connectivity index (χ0) is 21.4. The van der Waals surface area contributed by atoms with Crippen LogP contribution in [0, 0.1) is 0 Å². The topological polar surface area (TPSA) is 66.7 Å². The van der Waals surface area contributed by atoms with Crippen molar-refractivity contribution >= 4 is 11.6 Å². The van der Waals surface area contributed by atoms with E-state index in [0.717, 1.165) is 13.0 Å². The quantitative estimate of drug-likeness (QED) is 0.406. The lowest BCUT2D eigenvalue weighted by molar-refractivity contribution is -0.138. The lowest BCUT2D eigenvalue weighted by Gasteiger charge is -2.29. The van der Waals surface area contributed by atoms with E-state index in [9.17, 15) is 13.2 Å². The van der Waals surface area contributed by atoms with Crippen LogP contribution in [0.15, 0.2) is 41.7 Å². The van der Waals surface area contributed by atoms with Crippen molar-refractivity contribution in [1.82, 2.24) is 20.4 Å². The summed E-state index contributed by atoms with van der Waals surface area (Å²) in [5, 5.41) is 10.2. The van der Waals surface area contributed by atoms with Gasteiger partial charge in [0.15, 0.2) is 5.96 Å². The molecular weight excluding hydrogens is 397 g/mol. The number of nitrogens with one attached hydrogen (secondary N) is 2. The number of nitrogens with zero attached hydrogens (tertiary/aromatic N) is 4. The Morgan fingerprint density at radius 3 is 2.70 bits per heavy atom. The number of rotatable bonds is 7. The third-order valence-electron chi connectivity index (χ3n) is 4.86. The number of anilines is 1. The fourth-order valence-corrected chi connectivity index (χ4v) is 3.28. The summed E-state index contributed by atoms with van der Waals surface area (Å²) >= 11 is 0. The smallest absolute Gasteiger partial charge is 0.378 e. The van der Waals surface area contributed by atoms with Gasteiger partial charge in [0, 0.05) is 57.9 Å². The van der Waals surface area contributed by atoms with Crippen LogP contribution in [0.4, 0.5) is 18.9 Å². The van der Waals surface area contributed by atoms with Crippen molar-refractivity contribution in [1.29, 1.82) is 0 Å². The highest BCUT2D eigenvalue weighted by Gasteiger charge is 2.34. The van der Waals surface area contributed by atoms with Gasteiger partial charge in [-0.1, -0.05) is 6.07 Å². The van der Waals surface area contributed by atoms with Gasteiger partial charge in [-0.25, -0.2) is 0 Å². The van der Waals surface area contributed by atoms with Gasteiger partial charge in [-0.3, -0.25) is 9.67 Å². The molecule has 7 nitrogen and oxygen atoms in total. The van der Waals surface area contributed by atoms with Gasteiger partial charge in [-0.2, -0.15) is 18.3 Å². The molecule has 0 atom stereocenters. The number of halogens is 3. The number of hydrogen-bond acceptors (Lipinski definition) is 4. The molecule has 164 valence electrons. The van der Waals surface area contributed by atoms with Crippen molar-refractivity contribution < 1.29 is 17.9 Å². The highest BCUT2D eigenvalue weighted by Crippen LogP contribution is 2.35. The summed E-state index contributed by atoms with van der Waals surface area (Å²) in [6, 6.07) is 6.35. The Morgan fingerprint density at radius 2 is 2.03 bits per heavy atom. The second kappa shape index (κ2) is 10.3. The number of aliphatic imine (C=N–C) groups is 1. The van der Waals surface area contributed by atoms with Gasteiger partial charge >= 0.3 is 6.18 Å². The minimum atomic E-state index is -4.43. The number of guanidine groups is 1.